The highest BCUT2D eigenvalue weighted by molar-refractivity contribution is 6.96. The van der Waals surface area contributed by atoms with Crippen LogP contribution in [-0.4, -0.2) is 6.71 Å². The quantitative estimate of drug-likeness (QED) is 0.150. The van der Waals surface area contributed by atoms with Crippen molar-refractivity contribution in [2.75, 3.05) is 14.7 Å². The Labute approximate surface area is 349 Å². The molecule has 4 heteroatoms. The monoisotopic (exact) mass is 759 g/mol. The molecule has 7 aromatic rings. The van der Waals surface area contributed by atoms with Crippen LogP contribution in [0.1, 0.15) is 50.7 Å². The standard InChI is InChI=1S/C55H46BN3/c1-55(2)51(40-24-11-4-12-25-40)50(39-22-9-3-10-23-39)53-54(55)56-46-37-36-45(57(41-26-13-5-14-27-41)42-28-15-6-16-29-42)38-49(46)58(43-30-17-7-18-31-43)47-34-21-35-48(52(47)56)59(53)44-32-19-8-20-33-44/h3-5,7-14,17-28,30-38H,6,15-16,29H2,1-2H3. The van der Waals surface area contributed by atoms with Gasteiger partial charge in [-0.15, -0.1) is 0 Å². The van der Waals surface area contributed by atoms with Gasteiger partial charge in [0.15, 0.2) is 0 Å². The number of hydrogen-bond acceptors (Lipinski definition) is 3. The van der Waals surface area contributed by atoms with Gasteiger partial charge in [0.25, 0.3) is 0 Å². The zero-order valence-electron chi connectivity index (χ0n) is 33.7. The fraction of sp³-hybridized carbons (Fsp3) is 0.127. The first-order chi connectivity index (χ1) is 29.1. The fourth-order valence-corrected chi connectivity index (χ4v) is 10.5. The van der Waals surface area contributed by atoms with E-state index in [1.165, 1.54) is 91.3 Å². The van der Waals surface area contributed by atoms with E-state index in [-0.39, 0.29) is 12.1 Å². The minimum absolute atomic E-state index is 0.00849. The van der Waals surface area contributed by atoms with E-state index in [1.807, 2.05) is 0 Å². The molecule has 11 rings (SSSR count). The molecule has 59 heavy (non-hydrogen) atoms. The van der Waals surface area contributed by atoms with Crippen molar-refractivity contribution in [3.05, 3.63) is 222 Å². The molecule has 4 aliphatic rings. The molecule has 2 heterocycles. The van der Waals surface area contributed by atoms with Gasteiger partial charge in [-0.3, -0.25) is 0 Å². The third kappa shape index (κ3) is 5.65. The minimum Gasteiger partial charge on any atom is -0.314 e. The normalized spacial score (nSPS) is 16.4. The summed E-state index contributed by atoms with van der Waals surface area (Å²) in [7, 11) is 0. The van der Waals surface area contributed by atoms with Crippen molar-refractivity contribution >= 4 is 68.6 Å². The van der Waals surface area contributed by atoms with Crippen LogP contribution in [0.2, 0.25) is 0 Å². The number of nitrogens with zero attached hydrogens (tertiary/aromatic N) is 3. The highest BCUT2D eigenvalue weighted by Crippen LogP contribution is 2.60. The maximum absolute atomic E-state index is 2.58. The van der Waals surface area contributed by atoms with E-state index < -0.39 is 0 Å². The Balaban J connectivity index is 1.23. The molecule has 2 aliphatic carbocycles. The predicted octanol–water partition coefficient (Wildman–Crippen LogP) is 13.3. The summed E-state index contributed by atoms with van der Waals surface area (Å²) >= 11 is 0. The van der Waals surface area contributed by atoms with Gasteiger partial charge in [0.2, 0.25) is 6.71 Å². The van der Waals surface area contributed by atoms with Crippen LogP contribution in [-0.2, 0) is 0 Å². The molecule has 0 bridgehead atoms. The van der Waals surface area contributed by atoms with Gasteiger partial charge in [0, 0.05) is 62.2 Å². The minimum atomic E-state index is -0.335. The molecule has 0 fully saturated rings. The van der Waals surface area contributed by atoms with Crippen LogP contribution in [0, 0.1) is 5.41 Å². The summed E-state index contributed by atoms with van der Waals surface area (Å²) in [6.07, 6.45) is 7.10. The van der Waals surface area contributed by atoms with Gasteiger partial charge < -0.3 is 14.7 Å². The number of para-hydroxylation sites is 3. The Morgan fingerprint density at radius 3 is 1.73 bits per heavy atom. The van der Waals surface area contributed by atoms with Crippen molar-refractivity contribution < 1.29 is 0 Å². The summed E-state index contributed by atoms with van der Waals surface area (Å²) in [5, 5.41) is 0. The zero-order chi connectivity index (χ0) is 39.5. The molecule has 0 spiro atoms. The van der Waals surface area contributed by atoms with E-state index in [2.05, 4.69) is 223 Å². The highest BCUT2D eigenvalue weighted by Gasteiger charge is 2.54. The molecule has 0 atom stereocenters. The second-order valence-electron chi connectivity index (χ2n) is 16.7. The average molecular weight is 760 g/mol. The maximum Gasteiger partial charge on any atom is 0.248 e. The van der Waals surface area contributed by atoms with E-state index in [4.69, 9.17) is 0 Å². The molecular weight excluding hydrogens is 713 g/mol. The summed E-state index contributed by atoms with van der Waals surface area (Å²) in [6.45, 7) is 4.96. The molecule has 284 valence electrons. The summed E-state index contributed by atoms with van der Waals surface area (Å²) in [5.41, 5.74) is 20.0. The molecule has 0 amide bonds. The van der Waals surface area contributed by atoms with Gasteiger partial charge in [-0.1, -0.05) is 153 Å². The van der Waals surface area contributed by atoms with Gasteiger partial charge in [0.1, 0.15) is 0 Å². The third-order valence-corrected chi connectivity index (χ3v) is 12.9. The first kappa shape index (κ1) is 35.4. The largest absolute Gasteiger partial charge is 0.314 e. The molecule has 0 saturated carbocycles. The molecule has 0 unspecified atom stereocenters. The van der Waals surface area contributed by atoms with Crippen molar-refractivity contribution in [2.24, 2.45) is 5.41 Å². The lowest BCUT2D eigenvalue weighted by atomic mass is 9.30. The maximum atomic E-state index is 2.58. The molecule has 0 saturated heterocycles. The SMILES string of the molecule is CC1(C)C2=C(C(c3ccccc3)=C1c1ccccc1)N(c1ccccc1)c1cccc3c1B2c1ccc(N(C2=CCCCC2)c2ccccc2)cc1N3c1ccccc1. The Kier molecular flexibility index (Phi) is 8.55. The Morgan fingerprint density at radius 2 is 1.10 bits per heavy atom. The summed E-state index contributed by atoms with van der Waals surface area (Å²) < 4.78 is 0. The average Bonchev–Trinajstić information content (AvgIpc) is 3.54. The van der Waals surface area contributed by atoms with Crippen LogP contribution in [0.4, 0.5) is 39.8 Å². The van der Waals surface area contributed by atoms with E-state index in [0.717, 1.165) is 24.2 Å². The number of benzene rings is 7. The molecule has 0 radical (unpaired) electrons. The number of anilines is 7. The van der Waals surface area contributed by atoms with Crippen molar-refractivity contribution in [3.8, 4) is 0 Å². The lowest BCUT2D eigenvalue weighted by Gasteiger charge is -2.46. The van der Waals surface area contributed by atoms with Gasteiger partial charge in [-0.2, -0.15) is 0 Å². The molecule has 2 aliphatic heterocycles. The predicted molar refractivity (Wildman–Crippen MR) is 250 cm³/mol. The van der Waals surface area contributed by atoms with Crippen molar-refractivity contribution in [1.29, 1.82) is 0 Å². The number of allylic oxidation sites excluding steroid dienone is 5. The lowest BCUT2D eigenvalue weighted by Crippen LogP contribution is -2.57. The van der Waals surface area contributed by atoms with Crippen LogP contribution in [0.25, 0.3) is 11.1 Å². The van der Waals surface area contributed by atoms with Crippen LogP contribution >= 0.6 is 0 Å². The van der Waals surface area contributed by atoms with Crippen molar-refractivity contribution in [2.45, 2.75) is 39.5 Å². The summed E-state index contributed by atoms with van der Waals surface area (Å²) in [6, 6.07) is 69.5. The number of fused-ring (bicyclic) bond motifs is 3. The van der Waals surface area contributed by atoms with Crippen LogP contribution < -0.4 is 25.6 Å². The molecule has 3 nitrogen and oxygen atoms in total. The van der Waals surface area contributed by atoms with E-state index >= 15 is 0 Å². The second kappa shape index (κ2) is 14.3. The topological polar surface area (TPSA) is 9.72 Å². The van der Waals surface area contributed by atoms with E-state index in [0.29, 0.717) is 0 Å². The second-order valence-corrected chi connectivity index (χ2v) is 16.7. The van der Waals surface area contributed by atoms with E-state index in [9.17, 15) is 0 Å². The lowest BCUT2D eigenvalue weighted by molar-refractivity contribution is 0.637. The Morgan fingerprint density at radius 1 is 0.525 bits per heavy atom. The first-order valence-electron chi connectivity index (χ1n) is 21.2. The van der Waals surface area contributed by atoms with Crippen molar-refractivity contribution in [1.82, 2.24) is 0 Å². The fourth-order valence-electron chi connectivity index (χ4n) is 10.5. The Bertz CT molecular complexity index is 2790. The zero-order valence-corrected chi connectivity index (χ0v) is 33.7. The van der Waals surface area contributed by atoms with Gasteiger partial charge in [0.05, 0.1) is 0 Å². The summed E-state index contributed by atoms with van der Waals surface area (Å²) in [4.78, 5) is 7.63. The van der Waals surface area contributed by atoms with Crippen LogP contribution in [0.3, 0.4) is 0 Å². The van der Waals surface area contributed by atoms with Gasteiger partial charge in [-0.25, -0.2) is 0 Å². The molecular formula is C55H46BN3. The van der Waals surface area contributed by atoms with Gasteiger partial charge in [-0.05, 0) is 114 Å². The number of hydrogen-bond donors (Lipinski definition) is 0. The van der Waals surface area contributed by atoms with Crippen LogP contribution in [0.5, 0.6) is 0 Å². The smallest absolute Gasteiger partial charge is 0.248 e. The van der Waals surface area contributed by atoms with E-state index in [1.54, 1.807) is 0 Å². The number of rotatable bonds is 7. The molecule has 0 N–H and O–H groups in total. The molecule has 7 aromatic carbocycles. The van der Waals surface area contributed by atoms with Crippen LogP contribution in [0.15, 0.2) is 211 Å². The Hall–Kier alpha value is -6.78. The van der Waals surface area contributed by atoms with Gasteiger partial charge >= 0.3 is 0 Å². The highest BCUT2D eigenvalue weighted by atomic mass is 15.2. The molecule has 0 aromatic heterocycles. The summed E-state index contributed by atoms with van der Waals surface area (Å²) in [5.74, 6) is 0. The first-order valence-corrected chi connectivity index (χ1v) is 21.2. The van der Waals surface area contributed by atoms with Crippen molar-refractivity contribution in [3.63, 3.8) is 0 Å². The third-order valence-electron chi connectivity index (χ3n) is 12.9.